The Balaban J connectivity index is 1.68. The van der Waals surface area contributed by atoms with Crippen molar-refractivity contribution in [3.8, 4) is 16.8 Å². The maximum Gasteiger partial charge on any atom is 0.0541 e. The zero-order chi connectivity index (χ0) is 20.1. The van der Waals surface area contributed by atoms with Crippen LogP contribution in [0.15, 0.2) is 109 Å². The normalized spacial score (nSPS) is 11.5. The first-order valence-electron chi connectivity index (χ1n) is 10.4. The van der Waals surface area contributed by atoms with E-state index in [4.69, 9.17) is 0 Å². The van der Waals surface area contributed by atoms with Crippen molar-refractivity contribution in [1.82, 2.24) is 4.57 Å². The number of nitrogens with zero attached hydrogens (tertiary/aromatic N) is 1. The summed E-state index contributed by atoms with van der Waals surface area (Å²) >= 11 is 0. The minimum absolute atomic E-state index is 1.19. The molecule has 0 saturated heterocycles. The average Bonchev–Trinajstić information content (AvgIpc) is 3.14. The van der Waals surface area contributed by atoms with Gasteiger partial charge in [0.15, 0.2) is 0 Å². The predicted molar refractivity (Wildman–Crippen MR) is 128 cm³/mol. The number of hydrogen-bond acceptors (Lipinski definition) is 0. The van der Waals surface area contributed by atoms with Gasteiger partial charge in [-0.3, -0.25) is 0 Å². The van der Waals surface area contributed by atoms with E-state index in [1.807, 2.05) is 0 Å². The van der Waals surface area contributed by atoms with E-state index in [1.54, 1.807) is 0 Å². The lowest BCUT2D eigenvalue weighted by Gasteiger charge is -2.11. The average molecular weight is 383 g/mol. The molecule has 1 heteroatoms. The van der Waals surface area contributed by atoms with Crippen LogP contribution in [0.1, 0.15) is 5.56 Å². The fraction of sp³-hybridized carbons (Fsp3) is 0.0345. The molecule has 0 saturated carbocycles. The summed E-state index contributed by atoms with van der Waals surface area (Å²) in [7, 11) is 0. The Kier molecular flexibility index (Phi) is 3.75. The molecule has 0 N–H and O–H groups in total. The van der Waals surface area contributed by atoms with Gasteiger partial charge in [0, 0.05) is 16.5 Å². The molecule has 0 atom stereocenters. The summed E-state index contributed by atoms with van der Waals surface area (Å²) in [5.74, 6) is 0. The Morgan fingerprint density at radius 2 is 1.17 bits per heavy atom. The van der Waals surface area contributed by atoms with Crippen molar-refractivity contribution in [2.75, 3.05) is 0 Å². The lowest BCUT2D eigenvalue weighted by atomic mass is 9.94. The van der Waals surface area contributed by atoms with Crippen LogP contribution in [0.5, 0.6) is 0 Å². The van der Waals surface area contributed by atoms with Crippen LogP contribution in [0.3, 0.4) is 0 Å². The standard InChI is InChI=1S/C29H21N/c1-20-15-17-24(25-12-6-5-11-23(20)25)21-16-18-29-27(19-21)26-13-7-8-14-28(26)30(29)22-9-3-2-4-10-22/h2-19H,1H3. The Bertz CT molecular complexity index is 1540. The first-order valence-corrected chi connectivity index (χ1v) is 10.4. The van der Waals surface area contributed by atoms with Crippen LogP contribution in [-0.2, 0) is 0 Å². The number of aryl methyl sites for hydroxylation is 1. The molecule has 6 aromatic rings. The van der Waals surface area contributed by atoms with Crippen molar-refractivity contribution in [1.29, 1.82) is 0 Å². The molecule has 1 heterocycles. The Morgan fingerprint density at radius 3 is 2.00 bits per heavy atom. The van der Waals surface area contributed by atoms with Crippen molar-refractivity contribution < 1.29 is 0 Å². The van der Waals surface area contributed by atoms with E-state index in [0.29, 0.717) is 0 Å². The molecule has 0 radical (unpaired) electrons. The van der Waals surface area contributed by atoms with E-state index in [-0.39, 0.29) is 0 Å². The van der Waals surface area contributed by atoms with Crippen LogP contribution in [0.25, 0.3) is 49.4 Å². The first-order chi connectivity index (χ1) is 14.8. The highest BCUT2D eigenvalue weighted by atomic mass is 15.0. The Morgan fingerprint density at radius 1 is 0.500 bits per heavy atom. The van der Waals surface area contributed by atoms with Gasteiger partial charge in [0.2, 0.25) is 0 Å². The van der Waals surface area contributed by atoms with E-state index >= 15 is 0 Å². The van der Waals surface area contributed by atoms with E-state index in [1.165, 1.54) is 55.0 Å². The van der Waals surface area contributed by atoms with Crippen molar-refractivity contribution in [2.45, 2.75) is 6.92 Å². The molecule has 0 aliphatic carbocycles. The number of rotatable bonds is 2. The number of para-hydroxylation sites is 2. The molecule has 1 aromatic heterocycles. The molecular weight excluding hydrogens is 362 g/mol. The summed E-state index contributed by atoms with van der Waals surface area (Å²) in [6.07, 6.45) is 0. The van der Waals surface area contributed by atoms with Gasteiger partial charge in [0.1, 0.15) is 0 Å². The zero-order valence-electron chi connectivity index (χ0n) is 16.8. The highest BCUT2D eigenvalue weighted by Crippen LogP contribution is 2.37. The summed E-state index contributed by atoms with van der Waals surface area (Å²) in [5, 5.41) is 5.21. The summed E-state index contributed by atoms with van der Waals surface area (Å²) in [6, 6.07) is 39.4. The van der Waals surface area contributed by atoms with Crippen LogP contribution in [-0.4, -0.2) is 4.57 Å². The van der Waals surface area contributed by atoms with E-state index < -0.39 is 0 Å². The Labute approximate surface area is 175 Å². The molecule has 142 valence electrons. The molecule has 5 aromatic carbocycles. The van der Waals surface area contributed by atoms with Gasteiger partial charge in [0.05, 0.1) is 11.0 Å². The van der Waals surface area contributed by atoms with Gasteiger partial charge in [-0.05, 0) is 64.7 Å². The highest BCUT2D eigenvalue weighted by Gasteiger charge is 2.13. The van der Waals surface area contributed by atoms with Crippen LogP contribution in [0.4, 0.5) is 0 Å². The SMILES string of the molecule is Cc1ccc(-c2ccc3c(c2)c2ccccc2n3-c2ccccc2)c2ccccc12. The fourth-order valence-corrected chi connectivity index (χ4v) is 4.70. The number of aromatic nitrogens is 1. The van der Waals surface area contributed by atoms with Crippen molar-refractivity contribution in [3.63, 3.8) is 0 Å². The van der Waals surface area contributed by atoms with Crippen LogP contribution < -0.4 is 0 Å². The second-order valence-corrected chi connectivity index (χ2v) is 7.90. The monoisotopic (exact) mass is 383 g/mol. The molecule has 30 heavy (non-hydrogen) atoms. The largest absolute Gasteiger partial charge is 0.309 e. The first kappa shape index (κ1) is 17.1. The molecule has 0 bridgehead atoms. The summed E-state index contributed by atoms with van der Waals surface area (Å²) in [4.78, 5) is 0. The maximum absolute atomic E-state index is 2.36. The molecule has 0 aliphatic rings. The summed E-state index contributed by atoms with van der Waals surface area (Å²) < 4.78 is 2.36. The number of fused-ring (bicyclic) bond motifs is 4. The molecule has 0 fully saturated rings. The zero-order valence-corrected chi connectivity index (χ0v) is 16.8. The summed E-state index contributed by atoms with van der Waals surface area (Å²) in [5.41, 5.74) is 7.53. The smallest absolute Gasteiger partial charge is 0.0541 e. The second-order valence-electron chi connectivity index (χ2n) is 7.90. The molecular formula is C29H21N. The third-order valence-electron chi connectivity index (χ3n) is 6.14. The minimum atomic E-state index is 1.19. The molecule has 0 unspecified atom stereocenters. The summed E-state index contributed by atoms with van der Waals surface area (Å²) in [6.45, 7) is 2.18. The molecule has 1 nitrogen and oxygen atoms in total. The van der Waals surface area contributed by atoms with Crippen molar-refractivity contribution in [2.24, 2.45) is 0 Å². The topological polar surface area (TPSA) is 4.93 Å². The van der Waals surface area contributed by atoms with Crippen LogP contribution >= 0.6 is 0 Å². The highest BCUT2D eigenvalue weighted by molar-refractivity contribution is 6.11. The lowest BCUT2D eigenvalue weighted by Crippen LogP contribution is -1.92. The molecule has 0 amide bonds. The number of benzene rings is 5. The van der Waals surface area contributed by atoms with Crippen molar-refractivity contribution in [3.05, 3.63) is 115 Å². The van der Waals surface area contributed by atoms with Crippen molar-refractivity contribution >= 4 is 32.6 Å². The van der Waals surface area contributed by atoms with Gasteiger partial charge in [-0.15, -0.1) is 0 Å². The van der Waals surface area contributed by atoms with Gasteiger partial charge in [-0.1, -0.05) is 78.9 Å². The van der Waals surface area contributed by atoms with Crippen LogP contribution in [0.2, 0.25) is 0 Å². The maximum atomic E-state index is 2.36. The molecule has 6 rings (SSSR count). The van der Waals surface area contributed by atoms with E-state index in [9.17, 15) is 0 Å². The molecule has 0 aliphatic heterocycles. The minimum Gasteiger partial charge on any atom is -0.309 e. The number of hydrogen-bond donors (Lipinski definition) is 0. The van der Waals surface area contributed by atoms with Gasteiger partial charge in [-0.25, -0.2) is 0 Å². The van der Waals surface area contributed by atoms with E-state index in [2.05, 4.69) is 121 Å². The Hall–Kier alpha value is -3.84. The third-order valence-corrected chi connectivity index (χ3v) is 6.14. The van der Waals surface area contributed by atoms with E-state index in [0.717, 1.165) is 0 Å². The van der Waals surface area contributed by atoms with Gasteiger partial charge < -0.3 is 4.57 Å². The quantitative estimate of drug-likeness (QED) is 0.286. The third kappa shape index (κ3) is 2.49. The van der Waals surface area contributed by atoms with Crippen LogP contribution in [0, 0.1) is 6.92 Å². The van der Waals surface area contributed by atoms with Gasteiger partial charge >= 0.3 is 0 Å². The van der Waals surface area contributed by atoms with Gasteiger partial charge in [-0.2, -0.15) is 0 Å². The lowest BCUT2D eigenvalue weighted by molar-refractivity contribution is 1.18. The fourth-order valence-electron chi connectivity index (χ4n) is 4.70. The second kappa shape index (κ2) is 6.60. The van der Waals surface area contributed by atoms with Gasteiger partial charge in [0.25, 0.3) is 0 Å². The molecule has 0 spiro atoms. The predicted octanol–water partition coefficient (Wildman–Crippen LogP) is 7.91.